The number of anilines is 1. The van der Waals surface area contributed by atoms with Crippen molar-refractivity contribution in [2.75, 3.05) is 39.3 Å². The molecule has 0 aliphatic carbocycles. The summed E-state index contributed by atoms with van der Waals surface area (Å²) in [6.07, 6.45) is 3.61. The minimum absolute atomic E-state index is 0.171. The van der Waals surface area contributed by atoms with Gasteiger partial charge >= 0.3 is 0 Å². The van der Waals surface area contributed by atoms with Crippen molar-refractivity contribution in [3.8, 4) is 11.5 Å². The fourth-order valence-electron chi connectivity index (χ4n) is 2.80. The van der Waals surface area contributed by atoms with E-state index in [1.807, 2.05) is 49.3 Å². The van der Waals surface area contributed by atoms with Gasteiger partial charge in [-0.2, -0.15) is 0 Å². The highest BCUT2D eigenvalue weighted by Crippen LogP contribution is 2.26. The van der Waals surface area contributed by atoms with E-state index in [-0.39, 0.29) is 11.2 Å². The number of hydrogen-bond donors (Lipinski definition) is 1. The summed E-state index contributed by atoms with van der Waals surface area (Å²) in [4.78, 5) is 14.8. The molecule has 28 heavy (non-hydrogen) atoms. The second-order valence-electron chi connectivity index (χ2n) is 6.44. The summed E-state index contributed by atoms with van der Waals surface area (Å²) >= 11 is 0. The fraction of sp³-hybridized carbons (Fsp3) is 0.227. The maximum absolute atomic E-state index is 12.8. The van der Waals surface area contributed by atoms with E-state index in [1.165, 1.54) is 7.11 Å². The van der Waals surface area contributed by atoms with Crippen LogP contribution in [0.5, 0.6) is 11.5 Å². The average molecular weight is 380 g/mol. The van der Waals surface area contributed by atoms with Gasteiger partial charge in [0, 0.05) is 32.4 Å². The van der Waals surface area contributed by atoms with E-state index < -0.39 is 0 Å². The van der Waals surface area contributed by atoms with Crippen LogP contribution >= 0.6 is 0 Å². The average Bonchev–Trinajstić information content (AvgIpc) is 2.71. The Balaban J connectivity index is 1.99. The van der Waals surface area contributed by atoms with E-state index in [2.05, 4.69) is 0 Å². The summed E-state index contributed by atoms with van der Waals surface area (Å²) in [6.45, 7) is 0.798. The zero-order valence-electron chi connectivity index (χ0n) is 16.3. The van der Waals surface area contributed by atoms with Crippen molar-refractivity contribution in [2.24, 2.45) is 5.73 Å². The van der Waals surface area contributed by atoms with Crippen LogP contribution < -0.4 is 25.5 Å². The molecule has 1 aromatic heterocycles. The Kier molecular flexibility index (Phi) is 6.01. The van der Waals surface area contributed by atoms with Gasteiger partial charge in [-0.25, -0.2) is 0 Å². The Labute approximate surface area is 163 Å². The lowest BCUT2D eigenvalue weighted by atomic mass is 10.1. The lowest BCUT2D eigenvalue weighted by Crippen LogP contribution is -2.11. The molecule has 0 spiro atoms. The molecule has 3 aromatic rings. The van der Waals surface area contributed by atoms with Crippen molar-refractivity contribution < 1.29 is 13.9 Å². The SMILES string of the molecule is COc1c(/C=C/c2ccc(N(C)C)cc2)oc2cc(OCCN)ccc2c1=O. The first-order chi connectivity index (χ1) is 13.5. The van der Waals surface area contributed by atoms with Gasteiger partial charge in [-0.15, -0.1) is 0 Å². The molecule has 1 heterocycles. The van der Waals surface area contributed by atoms with E-state index in [0.29, 0.717) is 35.6 Å². The quantitative estimate of drug-likeness (QED) is 0.677. The summed E-state index contributed by atoms with van der Waals surface area (Å²) in [6, 6.07) is 13.1. The molecule has 0 bridgehead atoms. The van der Waals surface area contributed by atoms with Crippen LogP contribution in [-0.2, 0) is 0 Å². The van der Waals surface area contributed by atoms with Gasteiger partial charge in [-0.3, -0.25) is 4.79 Å². The fourth-order valence-corrected chi connectivity index (χ4v) is 2.80. The minimum atomic E-state index is -0.225. The second kappa shape index (κ2) is 8.63. The number of rotatable bonds is 7. The molecule has 0 radical (unpaired) electrons. The zero-order valence-corrected chi connectivity index (χ0v) is 16.3. The molecule has 3 rings (SSSR count). The number of fused-ring (bicyclic) bond motifs is 1. The van der Waals surface area contributed by atoms with Crippen LogP contribution in [0.1, 0.15) is 11.3 Å². The maximum Gasteiger partial charge on any atom is 0.235 e. The summed E-state index contributed by atoms with van der Waals surface area (Å²) in [5, 5.41) is 0.435. The van der Waals surface area contributed by atoms with E-state index >= 15 is 0 Å². The molecule has 146 valence electrons. The van der Waals surface area contributed by atoms with E-state index in [0.717, 1.165) is 11.3 Å². The van der Waals surface area contributed by atoms with Gasteiger partial charge in [0.15, 0.2) is 5.76 Å². The van der Waals surface area contributed by atoms with Gasteiger partial charge in [0.1, 0.15) is 17.9 Å². The van der Waals surface area contributed by atoms with Gasteiger partial charge in [0.2, 0.25) is 11.2 Å². The first-order valence-electron chi connectivity index (χ1n) is 8.96. The molecule has 6 nitrogen and oxygen atoms in total. The monoisotopic (exact) mass is 380 g/mol. The number of ether oxygens (including phenoxy) is 2. The third-order valence-electron chi connectivity index (χ3n) is 4.27. The summed E-state index contributed by atoms with van der Waals surface area (Å²) in [5.41, 5.74) is 7.77. The van der Waals surface area contributed by atoms with Crippen molar-refractivity contribution >= 4 is 28.8 Å². The molecule has 0 saturated heterocycles. The normalized spacial score (nSPS) is 11.1. The van der Waals surface area contributed by atoms with Crippen LogP contribution in [0, 0.1) is 0 Å². The van der Waals surface area contributed by atoms with Crippen molar-refractivity contribution in [1.82, 2.24) is 0 Å². The maximum atomic E-state index is 12.8. The van der Waals surface area contributed by atoms with Gasteiger partial charge in [0.25, 0.3) is 0 Å². The standard InChI is InChI=1S/C22H24N2O4/c1-24(2)16-7-4-15(5-8-16)6-11-19-22(26-3)21(25)18-10-9-17(27-13-12-23)14-20(18)28-19/h4-11,14H,12-13,23H2,1-3H3/b11-6+. The molecular formula is C22H24N2O4. The molecular weight excluding hydrogens is 356 g/mol. The molecule has 0 aliphatic rings. The predicted octanol–water partition coefficient (Wildman–Crippen LogP) is 3.38. The number of benzene rings is 2. The van der Waals surface area contributed by atoms with Gasteiger partial charge in [-0.05, 0) is 35.9 Å². The van der Waals surface area contributed by atoms with E-state index in [9.17, 15) is 4.79 Å². The number of methoxy groups -OCH3 is 1. The van der Waals surface area contributed by atoms with Crippen molar-refractivity contribution in [2.45, 2.75) is 0 Å². The molecule has 0 atom stereocenters. The largest absolute Gasteiger partial charge is 0.492 e. The Hall–Kier alpha value is -3.25. The molecule has 2 N–H and O–H groups in total. The van der Waals surface area contributed by atoms with Crippen LogP contribution in [0.25, 0.3) is 23.1 Å². The summed E-state index contributed by atoms with van der Waals surface area (Å²) in [7, 11) is 5.44. The molecule has 0 fully saturated rings. The zero-order chi connectivity index (χ0) is 20.1. The molecule has 0 saturated carbocycles. The summed E-state index contributed by atoms with van der Waals surface area (Å²) < 4.78 is 16.8. The third kappa shape index (κ3) is 4.18. The first-order valence-corrected chi connectivity index (χ1v) is 8.96. The Morgan fingerprint density at radius 2 is 1.86 bits per heavy atom. The van der Waals surface area contributed by atoms with Crippen LogP contribution in [0.2, 0.25) is 0 Å². The Bertz CT molecular complexity index is 1040. The van der Waals surface area contributed by atoms with Gasteiger partial charge in [0.05, 0.1) is 12.5 Å². The van der Waals surface area contributed by atoms with Crippen LogP contribution in [0.4, 0.5) is 5.69 Å². The predicted molar refractivity (Wildman–Crippen MR) is 113 cm³/mol. The highest BCUT2D eigenvalue weighted by atomic mass is 16.5. The van der Waals surface area contributed by atoms with Crippen molar-refractivity contribution in [3.05, 3.63) is 64.0 Å². The lowest BCUT2D eigenvalue weighted by Gasteiger charge is -2.11. The summed E-state index contributed by atoms with van der Waals surface area (Å²) in [5.74, 6) is 1.12. The Morgan fingerprint density at radius 3 is 2.50 bits per heavy atom. The third-order valence-corrected chi connectivity index (χ3v) is 4.27. The highest BCUT2D eigenvalue weighted by Gasteiger charge is 2.14. The molecule has 2 aromatic carbocycles. The highest BCUT2D eigenvalue weighted by molar-refractivity contribution is 5.82. The first kappa shape index (κ1) is 19.5. The number of hydrogen-bond acceptors (Lipinski definition) is 6. The van der Waals surface area contributed by atoms with Crippen LogP contribution in [0.15, 0.2) is 51.7 Å². The van der Waals surface area contributed by atoms with Crippen molar-refractivity contribution in [1.29, 1.82) is 0 Å². The molecule has 6 heteroatoms. The van der Waals surface area contributed by atoms with E-state index in [4.69, 9.17) is 19.6 Å². The van der Waals surface area contributed by atoms with Gasteiger partial charge in [-0.1, -0.05) is 18.2 Å². The van der Waals surface area contributed by atoms with Crippen LogP contribution in [-0.4, -0.2) is 34.4 Å². The topological polar surface area (TPSA) is 77.9 Å². The smallest absolute Gasteiger partial charge is 0.235 e. The molecule has 0 aliphatic heterocycles. The number of nitrogens with zero attached hydrogens (tertiary/aromatic N) is 1. The number of nitrogens with two attached hydrogens (primary N) is 1. The lowest BCUT2D eigenvalue weighted by molar-refractivity contribution is 0.328. The van der Waals surface area contributed by atoms with Crippen molar-refractivity contribution in [3.63, 3.8) is 0 Å². The second-order valence-corrected chi connectivity index (χ2v) is 6.44. The molecule has 0 amide bonds. The Morgan fingerprint density at radius 1 is 1.11 bits per heavy atom. The van der Waals surface area contributed by atoms with Gasteiger partial charge < -0.3 is 24.5 Å². The van der Waals surface area contributed by atoms with Crippen LogP contribution in [0.3, 0.4) is 0 Å². The molecule has 0 unspecified atom stereocenters. The van der Waals surface area contributed by atoms with E-state index in [1.54, 1.807) is 24.3 Å². The minimum Gasteiger partial charge on any atom is -0.492 e.